The van der Waals surface area contributed by atoms with Crippen molar-refractivity contribution in [1.29, 1.82) is 0 Å². The van der Waals surface area contributed by atoms with Gasteiger partial charge in [0.15, 0.2) is 0 Å². The highest BCUT2D eigenvalue weighted by molar-refractivity contribution is 7.11. The number of rotatable bonds is 6. The minimum absolute atomic E-state index is 0.0350. The zero-order valence-corrected chi connectivity index (χ0v) is 12.8. The van der Waals surface area contributed by atoms with Gasteiger partial charge in [0, 0.05) is 6.04 Å². The molecule has 2 atom stereocenters. The van der Waals surface area contributed by atoms with Gasteiger partial charge in [-0.1, -0.05) is 6.92 Å². The van der Waals surface area contributed by atoms with E-state index < -0.39 is 5.97 Å². The van der Waals surface area contributed by atoms with Gasteiger partial charge < -0.3 is 20.5 Å². The summed E-state index contributed by atoms with van der Waals surface area (Å²) in [7, 11) is 0. The van der Waals surface area contributed by atoms with Gasteiger partial charge in [-0.25, -0.2) is 4.79 Å². The Morgan fingerprint density at radius 2 is 2.24 bits per heavy atom. The van der Waals surface area contributed by atoms with E-state index in [9.17, 15) is 9.59 Å². The highest BCUT2D eigenvalue weighted by atomic mass is 32.1. The minimum atomic E-state index is -1.08. The van der Waals surface area contributed by atoms with E-state index in [-0.39, 0.29) is 28.4 Å². The van der Waals surface area contributed by atoms with E-state index in [0.29, 0.717) is 18.9 Å². The first-order valence-electron chi connectivity index (χ1n) is 6.86. The number of carboxylic acid groups (broad SMARTS) is 1. The number of carbonyl (C=O) groups is 2. The van der Waals surface area contributed by atoms with E-state index in [0.717, 1.165) is 24.5 Å². The van der Waals surface area contributed by atoms with Crippen LogP contribution in [0.25, 0.3) is 0 Å². The summed E-state index contributed by atoms with van der Waals surface area (Å²) >= 11 is 0.987. The zero-order chi connectivity index (χ0) is 15.4. The lowest BCUT2D eigenvalue weighted by molar-refractivity contribution is -0.120. The molecule has 1 amide bonds. The summed E-state index contributed by atoms with van der Waals surface area (Å²) in [5.74, 6) is -1.63. The van der Waals surface area contributed by atoms with Crippen LogP contribution in [0.5, 0.6) is 0 Å². The van der Waals surface area contributed by atoms with Gasteiger partial charge in [-0.05, 0) is 31.4 Å². The second-order valence-electron chi connectivity index (χ2n) is 4.97. The first kappa shape index (κ1) is 15.9. The van der Waals surface area contributed by atoms with Gasteiger partial charge in [0.25, 0.3) is 0 Å². The average molecular weight is 313 g/mol. The lowest BCUT2D eigenvalue weighted by Crippen LogP contribution is -2.41. The third-order valence-electron chi connectivity index (χ3n) is 3.39. The summed E-state index contributed by atoms with van der Waals surface area (Å²) in [6, 6.07) is -0.0350. The number of carbonyl (C=O) groups excluding carboxylic acids is 1. The average Bonchev–Trinajstić information content (AvgIpc) is 3.03. The van der Waals surface area contributed by atoms with Gasteiger partial charge in [0.1, 0.15) is 10.6 Å². The van der Waals surface area contributed by atoms with Crippen molar-refractivity contribution < 1.29 is 19.4 Å². The number of ether oxygens (including phenoxy) is 1. The third-order valence-corrected chi connectivity index (χ3v) is 4.24. The Bertz CT molecular complexity index is 531. The van der Waals surface area contributed by atoms with Crippen molar-refractivity contribution in [3.63, 3.8) is 0 Å². The molecule has 1 aromatic heterocycles. The lowest BCUT2D eigenvalue weighted by atomic mass is 10.0. The van der Waals surface area contributed by atoms with E-state index >= 15 is 0 Å². The summed E-state index contributed by atoms with van der Waals surface area (Å²) in [4.78, 5) is 23.5. The summed E-state index contributed by atoms with van der Waals surface area (Å²) in [6.45, 7) is 5.31. The first-order chi connectivity index (χ1) is 10.0. The van der Waals surface area contributed by atoms with E-state index in [2.05, 4.69) is 21.9 Å². The maximum atomic E-state index is 12.3. The molecule has 1 saturated heterocycles. The molecule has 21 heavy (non-hydrogen) atoms. The summed E-state index contributed by atoms with van der Waals surface area (Å²) in [5, 5.41) is 15.4. The van der Waals surface area contributed by atoms with E-state index in [4.69, 9.17) is 9.84 Å². The Balaban J connectivity index is 2.06. The maximum absolute atomic E-state index is 12.3. The molecule has 1 aromatic rings. The Morgan fingerprint density at radius 1 is 1.48 bits per heavy atom. The van der Waals surface area contributed by atoms with Gasteiger partial charge in [0.2, 0.25) is 5.91 Å². The van der Waals surface area contributed by atoms with Crippen LogP contribution in [-0.4, -0.2) is 47.2 Å². The summed E-state index contributed by atoms with van der Waals surface area (Å²) in [6.07, 6.45) is 0.974. The Morgan fingerprint density at radius 3 is 2.90 bits per heavy atom. The number of aryl methyl sites for hydroxylation is 1. The molecule has 2 heterocycles. The third kappa shape index (κ3) is 3.58. The van der Waals surface area contributed by atoms with Crippen LogP contribution < -0.4 is 10.6 Å². The number of aromatic carboxylic acids is 1. The van der Waals surface area contributed by atoms with Crippen molar-refractivity contribution in [3.8, 4) is 0 Å². The molecule has 0 aliphatic carbocycles. The molecule has 0 saturated carbocycles. The number of hydrogen-bond acceptors (Lipinski definition) is 6. The first-order valence-corrected chi connectivity index (χ1v) is 7.63. The quantitative estimate of drug-likeness (QED) is 0.727. The van der Waals surface area contributed by atoms with E-state index in [1.165, 1.54) is 0 Å². The second-order valence-corrected chi connectivity index (χ2v) is 5.74. The highest BCUT2D eigenvalue weighted by Gasteiger charge is 2.34. The molecule has 1 aliphatic rings. The largest absolute Gasteiger partial charge is 0.478 e. The molecule has 2 rings (SSSR count). The van der Waals surface area contributed by atoms with Crippen molar-refractivity contribution in [2.75, 3.05) is 25.1 Å². The normalized spacial score (nSPS) is 21.4. The van der Waals surface area contributed by atoms with E-state index in [1.807, 2.05) is 0 Å². The van der Waals surface area contributed by atoms with Crippen LogP contribution in [0.15, 0.2) is 0 Å². The van der Waals surface area contributed by atoms with Crippen molar-refractivity contribution >= 4 is 28.4 Å². The molecule has 0 aromatic carbocycles. The zero-order valence-electron chi connectivity index (χ0n) is 12.0. The molecule has 116 valence electrons. The van der Waals surface area contributed by atoms with Crippen LogP contribution in [0.1, 0.15) is 29.4 Å². The van der Waals surface area contributed by atoms with Crippen LogP contribution in [0.4, 0.5) is 5.00 Å². The fraction of sp³-hybridized carbons (Fsp3) is 0.615. The molecule has 0 bridgehead atoms. The van der Waals surface area contributed by atoms with Crippen LogP contribution in [0.2, 0.25) is 0 Å². The van der Waals surface area contributed by atoms with Crippen LogP contribution in [0, 0.1) is 12.8 Å². The number of carboxylic acids is 1. The molecule has 1 aliphatic heterocycles. The predicted molar refractivity (Wildman–Crippen MR) is 78.8 cm³/mol. The summed E-state index contributed by atoms with van der Waals surface area (Å²) < 4.78 is 9.34. The standard InChI is InChI=1S/C13H19N3O4S/c1-3-4-14-9-6-20-5-8(9)11(17)15-12-10(13(18)19)7(2)16-21-12/h8-9,14H,3-6H2,1-2H3,(H,15,17)(H,18,19). The molecular weight excluding hydrogens is 294 g/mol. The highest BCUT2D eigenvalue weighted by Crippen LogP contribution is 2.26. The molecule has 0 spiro atoms. The number of anilines is 1. The Labute approximate surface area is 126 Å². The van der Waals surface area contributed by atoms with Crippen molar-refractivity contribution in [2.24, 2.45) is 5.92 Å². The number of amides is 1. The van der Waals surface area contributed by atoms with Gasteiger partial charge >= 0.3 is 5.97 Å². The molecule has 8 heteroatoms. The molecule has 0 radical (unpaired) electrons. The Hall–Kier alpha value is -1.51. The fourth-order valence-electron chi connectivity index (χ4n) is 2.26. The predicted octanol–water partition coefficient (Wildman–Crippen LogP) is 1.10. The fourth-order valence-corrected chi connectivity index (χ4v) is 3.05. The van der Waals surface area contributed by atoms with Crippen molar-refractivity contribution in [2.45, 2.75) is 26.3 Å². The van der Waals surface area contributed by atoms with Gasteiger partial charge in [-0.2, -0.15) is 4.37 Å². The SMILES string of the molecule is CCCNC1COCC1C(=O)Nc1snc(C)c1C(=O)O. The smallest absolute Gasteiger partial charge is 0.340 e. The van der Waals surface area contributed by atoms with Crippen molar-refractivity contribution in [1.82, 2.24) is 9.69 Å². The second kappa shape index (κ2) is 6.97. The molecular formula is C13H19N3O4S. The summed E-state index contributed by atoms with van der Waals surface area (Å²) in [5.41, 5.74) is 0.469. The number of hydrogen-bond donors (Lipinski definition) is 3. The number of nitrogens with one attached hydrogen (secondary N) is 2. The molecule has 3 N–H and O–H groups in total. The topological polar surface area (TPSA) is 101 Å². The van der Waals surface area contributed by atoms with Crippen molar-refractivity contribution in [3.05, 3.63) is 11.3 Å². The molecule has 2 unspecified atom stereocenters. The monoisotopic (exact) mass is 313 g/mol. The van der Waals surface area contributed by atoms with Crippen LogP contribution in [-0.2, 0) is 9.53 Å². The number of nitrogens with zero attached hydrogens (tertiary/aromatic N) is 1. The van der Waals surface area contributed by atoms with Gasteiger partial charge in [0.05, 0.1) is 24.8 Å². The van der Waals surface area contributed by atoms with Crippen LogP contribution in [0.3, 0.4) is 0 Å². The maximum Gasteiger partial charge on any atom is 0.340 e. The van der Waals surface area contributed by atoms with Crippen LogP contribution >= 0.6 is 11.5 Å². The Kier molecular flexibility index (Phi) is 5.27. The van der Waals surface area contributed by atoms with Gasteiger partial charge in [-0.3, -0.25) is 4.79 Å². The molecule has 1 fully saturated rings. The lowest BCUT2D eigenvalue weighted by Gasteiger charge is -2.18. The number of aromatic nitrogens is 1. The molecule has 7 nitrogen and oxygen atoms in total. The van der Waals surface area contributed by atoms with Gasteiger partial charge in [-0.15, -0.1) is 0 Å². The minimum Gasteiger partial charge on any atom is -0.478 e. The van der Waals surface area contributed by atoms with E-state index in [1.54, 1.807) is 6.92 Å².